The molecule has 142 valence electrons. The van der Waals surface area contributed by atoms with Gasteiger partial charge in [-0.1, -0.05) is 0 Å². The molecule has 0 saturated heterocycles. The molecule has 2 N–H and O–H groups in total. The first-order valence-electron chi connectivity index (χ1n) is 8.95. The number of aromatic nitrogens is 4. The summed E-state index contributed by atoms with van der Waals surface area (Å²) >= 11 is 0. The van der Waals surface area contributed by atoms with Crippen LogP contribution in [0, 0.1) is 23.7 Å². The van der Waals surface area contributed by atoms with Crippen molar-refractivity contribution in [2.75, 3.05) is 10.6 Å². The van der Waals surface area contributed by atoms with Crippen molar-refractivity contribution in [3.63, 3.8) is 0 Å². The van der Waals surface area contributed by atoms with Gasteiger partial charge < -0.3 is 10.6 Å². The number of anilines is 3. The number of rotatable bonds is 6. The van der Waals surface area contributed by atoms with E-state index in [0.717, 1.165) is 38.1 Å². The van der Waals surface area contributed by atoms with Crippen molar-refractivity contribution in [1.82, 2.24) is 19.7 Å². The normalized spacial score (nSPS) is 24.4. The number of alkyl halides is 2. The SMILES string of the molecule is Cc1c(Nc2ncc(C(C)(F)F)c(NC3CC3)n2)cnn1C1C[C@@]1(C)C#N. The largest absolute Gasteiger partial charge is 0.367 e. The minimum absolute atomic E-state index is 0.0484. The summed E-state index contributed by atoms with van der Waals surface area (Å²) in [5.74, 6) is -2.64. The molecule has 2 aromatic rings. The van der Waals surface area contributed by atoms with E-state index < -0.39 is 5.92 Å². The fourth-order valence-electron chi connectivity index (χ4n) is 3.09. The van der Waals surface area contributed by atoms with Gasteiger partial charge in [0.2, 0.25) is 5.95 Å². The van der Waals surface area contributed by atoms with Gasteiger partial charge in [0.05, 0.1) is 40.7 Å². The summed E-state index contributed by atoms with van der Waals surface area (Å²) in [5, 5.41) is 19.7. The predicted octanol–water partition coefficient (Wildman–Crippen LogP) is 3.89. The Bertz CT molecular complexity index is 923. The lowest BCUT2D eigenvalue weighted by molar-refractivity contribution is 0.0176. The molecule has 4 rings (SSSR count). The molecule has 2 fully saturated rings. The lowest BCUT2D eigenvalue weighted by Gasteiger charge is -2.16. The minimum atomic E-state index is -3.02. The van der Waals surface area contributed by atoms with Crippen molar-refractivity contribution in [2.45, 2.75) is 58.0 Å². The third-order valence-electron chi connectivity index (χ3n) is 5.21. The second-order valence-corrected chi connectivity index (χ2v) is 7.73. The highest BCUT2D eigenvalue weighted by Crippen LogP contribution is 2.55. The highest BCUT2D eigenvalue weighted by atomic mass is 19.3. The molecule has 0 aliphatic heterocycles. The Labute approximate surface area is 155 Å². The fourth-order valence-corrected chi connectivity index (χ4v) is 3.09. The maximum atomic E-state index is 13.8. The van der Waals surface area contributed by atoms with Crippen molar-refractivity contribution in [3.05, 3.63) is 23.7 Å². The van der Waals surface area contributed by atoms with Gasteiger partial charge in [-0.15, -0.1) is 0 Å². The molecular weight excluding hydrogens is 352 g/mol. The molecule has 9 heteroatoms. The van der Waals surface area contributed by atoms with Crippen LogP contribution in [-0.2, 0) is 5.92 Å². The molecule has 2 aromatic heterocycles. The van der Waals surface area contributed by atoms with E-state index >= 15 is 0 Å². The second-order valence-electron chi connectivity index (χ2n) is 7.73. The van der Waals surface area contributed by atoms with Crippen molar-refractivity contribution in [1.29, 1.82) is 5.26 Å². The molecule has 0 aromatic carbocycles. The molecule has 2 aliphatic rings. The third-order valence-corrected chi connectivity index (χ3v) is 5.21. The van der Waals surface area contributed by atoms with E-state index in [1.54, 1.807) is 6.20 Å². The molecule has 7 nitrogen and oxygen atoms in total. The average molecular weight is 373 g/mol. The van der Waals surface area contributed by atoms with Crippen LogP contribution in [0.1, 0.15) is 50.4 Å². The van der Waals surface area contributed by atoms with Crippen molar-refractivity contribution < 1.29 is 8.78 Å². The number of nitrogens with one attached hydrogen (secondary N) is 2. The second kappa shape index (κ2) is 5.87. The van der Waals surface area contributed by atoms with Crippen LogP contribution in [-0.4, -0.2) is 25.8 Å². The lowest BCUT2D eigenvalue weighted by atomic mass is 10.2. The van der Waals surface area contributed by atoms with Gasteiger partial charge in [-0.25, -0.2) is 13.8 Å². The Morgan fingerprint density at radius 1 is 1.37 bits per heavy atom. The van der Waals surface area contributed by atoms with Crippen LogP contribution in [0.2, 0.25) is 0 Å². The summed E-state index contributed by atoms with van der Waals surface area (Å²) in [6.07, 6.45) is 5.47. The predicted molar refractivity (Wildman–Crippen MR) is 95.9 cm³/mol. The highest BCUT2D eigenvalue weighted by Gasteiger charge is 2.53. The van der Waals surface area contributed by atoms with Gasteiger partial charge in [-0.2, -0.15) is 15.3 Å². The lowest BCUT2D eigenvalue weighted by Crippen LogP contribution is -2.16. The summed E-state index contributed by atoms with van der Waals surface area (Å²) in [6, 6.07) is 2.56. The molecule has 0 spiro atoms. The number of halogens is 2. The van der Waals surface area contributed by atoms with E-state index in [4.69, 9.17) is 0 Å². The van der Waals surface area contributed by atoms with Gasteiger partial charge in [-0.05, 0) is 33.1 Å². The maximum Gasteiger partial charge on any atom is 0.275 e. The van der Waals surface area contributed by atoms with E-state index in [1.165, 1.54) is 0 Å². The van der Waals surface area contributed by atoms with Crippen molar-refractivity contribution in [2.24, 2.45) is 5.41 Å². The van der Waals surface area contributed by atoms with Gasteiger partial charge >= 0.3 is 0 Å². The van der Waals surface area contributed by atoms with Crippen LogP contribution in [0.15, 0.2) is 12.4 Å². The first kappa shape index (κ1) is 17.6. The molecule has 27 heavy (non-hydrogen) atoms. The van der Waals surface area contributed by atoms with Crippen LogP contribution < -0.4 is 10.6 Å². The molecule has 2 heterocycles. The Hall–Kier alpha value is -2.76. The molecule has 1 unspecified atom stereocenters. The summed E-state index contributed by atoms with van der Waals surface area (Å²) in [6.45, 7) is 4.64. The third kappa shape index (κ3) is 3.31. The zero-order chi connectivity index (χ0) is 19.4. The summed E-state index contributed by atoms with van der Waals surface area (Å²) in [5.41, 5.74) is 0.940. The van der Waals surface area contributed by atoms with Gasteiger partial charge in [0.15, 0.2) is 0 Å². The Kier molecular flexibility index (Phi) is 3.84. The Morgan fingerprint density at radius 2 is 2.11 bits per heavy atom. The van der Waals surface area contributed by atoms with Crippen LogP contribution >= 0.6 is 0 Å². The maximum absolute atomic E-state index is 13.8. The minimum Gasteiger partial charge on any atom is -0.367 e. The number of hydrogen-bond donors (Lipinski definition) is 2. The first-order valence-corrected chi connectivity index (χ1v) is 8.95. The van der Waals surface area contributed by atoms with E-state index in [1.807, 2.05) is 18.5 Å². The molecular formula is C18H21F2N7. The first-order chi connectivity index (χ1) is 12.7. The van der Waals surface area contributed by atoms with Crippen molar-refractivity contribution in [3.8, 4) is 6.07 Å². The molecule has 2 aliphatic carbocycles. The van der Waals surface area contributed by atoms with Gasteiger partial charge in [0, 0.05) is 19.2 Å². The molecule has 0 bridgehead atoms. The fraction of sp³-hybridized carbons (Fsp3) is 0.556. The van der Waals surface area contributed by atoms with E-state index in [2.05, 4.69) is 31.8 Å². The number of nitrogens with zero attached hydrogens (tertiary/aromatic N) is 5. The zero-order valence-electron chi connectivity index (χ0n) is 15.4. The summed E-state index contributed by atoms with van der Waals surface area (Å²) in [7, 11) is 0. The van der Waals surface area contributed by atoms with Crippen LogP contribution in [0.4, 0.5) is 26.2 Å². The quantitative estimate of drug-likeness (QED) is 0.798. The molecule has 2 atom stereocenters. The number of hydrogen-bond acceptors (Lipinski definition) is 6. The zero-order valence-corrected chi connectivity index (χ0v) is 15.4. The standard InChI is InChI=1S/C18H21F2N7/c1-10-13(8-23-27(10)14-6-17(14,2)9-21)25-16-22-7-12(18(3,19)20)15(26-16)24-11-4-5-11/h7-8,11,14H,4-6H2,1-3H3,(H2,22,24,25,26)/t14?,17-/m0/s1. The topological polar surface area (TPSA) is 91.4 Å². The van der Waals surface area contributed by atoms with E-state index in [-0.39, 0.29) is 34.8 Å². The van der Waals surface area contributed by atoms with Gasteiger partial charge in [0.25, 0.3) is 5.92 Å². The molecule has 0 radical (unpaired) electrons. The van der Waals surface area contributed by atoms with Crippen LogP contribution in [0.3, 0.4) is 0 Å². The smallest absolute Gasteiger partial charge is 0.275 e. The van der Waals surface area contributed by atoms with Gasteiger partial charge in [-0.3, -0.25) is 4.68 Å². The Morgan fingerprint density at radius 3 is 2.70 bits per heavy atom. The van der Waals surface area contributed by atoms with Crippen molar-refractivity contribution >= 4 is 17.5 Å². The Balaban J connectivity index is 1.58. The average Bonchev–Trinajstić information content (AvgIpc) is 3.50. The molecule has 2 saturated carbocycles. The monoisotopic (exact) mass is 373 g/mol. The molecule has 0 amide bonds. The number of nitriles is 1. The van der Waals surface area contributed by atoms with E-state index in [9.17, 15) is 14.0 Å². The van der Waals surface area contributed by atoms with Crippen LogP contribution in [0.5, 0.6) is 0 Å². The van der Waals surface area contributed by atoms with E-state index in [0.29, 0.717) is 5.69 Å². The van der Waals surface area contributed by atoms with Crippen LogP contribution in [0.25, 0.3) is 0 Å². The summed E-state index contributed by atoms with van der Waals surface area (Å²) < 4.78 is 29.5. The van der Waals surface area contributed by atoms with Gasteiger partial charge in [0.1, 0.15) is 5.82 Å². The highest BCUT2D eigenvalue weighted by molar-refractivity contribution is 5.58. The summed E-state index contributed by atoms with van der Waals surface area (Å²) in [4.78, 5) is 8.32.